The van der Waals surface area contributed by atoms with Crippen LogP contribution in [0.2, 0.25) is 0 Å². The van der Waals surface area contributed by atoms with Crippen LogP contribution in [0.15, 0.2) is 0 Å². The van der Waals surface area contributed by atoms with Gasteiger partial charge in [-0.1, -0.05) is 32.6 Å². The van der Waals surface area contributed by atoms with E-state index >= 15 is 0 Å². The number of ketones is 1. The Morgan fingerprint density at radius 3 is 2.30 bits per heavy atom. The van der Waals surface area contributed by atoms with Crippen LogP contribution in [-0.4, -0.2) is 5.78 Å². The highest BCUT2D eigenvalue weighted by Crippen LogP contribution is 2.04. The number of carbonyl (C=O) groups excluding carboxylic acids is 1. The molecule has 58 valence electrons. The lowest BCUT2D eigenvalue weighted by Gasteiger charge is -1.95. The molecule has 0 spiro atoms. The summed E-state index contributed by atoms with van der Waals surface area (Å²) in [5.41, 5.74) is 0. The van der Waals surface area contributed by atoms with Crippen LogP contribution >= 0.6 is 0 Å². The summed E-state index contributed by atoms with van der Waals surface area (Å²) in [4.78, 5) is 10.3. The number of rotatable bonds is 6. The van der Waals surface area contributed by atoms with E-state index in [9.17, 15) is 4.79 Å². The molecule has 0 unspecified atom stereocenters. The van der Waals surface area contributed by atoms with Crippen molar-refractivity contribution in [2.45, 2.75) is 45.4 Å². The third-order valence-corrected chi connectivity index (χ3v) is 1.53. The van der Waals surface area contributed by atoms with Gasteiger partial charge >= 0.3 is 0 Å². The van der Waals surface area contributed by atoms with Gasteiger partial charge in [0.15, 0.2) is 0 Å². The van der Waals surface area contributed by atoms with Gasteiger partial charge in [0.05, 0.1) is 0 Å². The highest BCUT2D eigenvalue weighted by molar-refractivity contribution is 5.82. The van der Waals surface area contributed by atoms with E-state index in [2.05, 4.69) is 6.92 Å². The molecule has 0 aliphatic rings. The predicted molar refractivity (Wildman–Crippen MR) is 42.7 cm³/mol. The molecule has 0 fully saturated rings. The minimum Gasteiger partial charge on any atom is -0.299 e. The molecule has 0 heterocycles. The SMILES string of the molecule is [CH]C(=O)CCCCCCC. The van der Waals surface area contributed by atoms with E-state index < -0.39 is 0 Å². The predicted octanol–water partition coefficient (Wildman–Crippen LogP) is 2.63. The standard InChI is InChI=1S/C9H16O/c1-3-4-5-6-7-8-9(2)10/h2H,3-8H2,1H3. The molecule has 0 bridgehead atoms. The van der Waals surface area contributed by atoms with Crippen LogP contribution in [0.4, 0.5) is 0 Å². The van der Waals surface area contributed by atoms with Gasteiger partial charge < -0.3 is 0 Å². The molecule has 0 aliphatic carbocycles. The van der Waals surface area contributed by atoms with Gasteiger partial charge in [0.2, 0.25) is 0 Å². The molecule has 0 aliphatic heterocycles. The summed E-state index contributed by atoms with van der Waals surface area (Å²) >= 11 is 0. The zero-order chi connectivity index (χ0) is 7.82. The minimum absolute atomic E-state index is 0.170. The van der Waals surface area contributed by atoms with Crippen molar-refractivity contribution in [2.75, 3.05) is 0 Å². The smallest absolute Gasteiger partial charge is 0.137 e. The molecule has 10 heavy (non-hydrogen) atoms. The number of Topliss-reactive ketones (excluding diaryl/α,β-unsaturated/α-hetero) is 1. The first-order valence-corrected chi connectivity index (χ1v) is 4.05. The number of carbonyl (C=O) groups is 1. The van der Waals surface area contributed by atoms with Crippen LogP contribution in [0.25, 0.3) is 0 Å². The summed E-state index contributed by atoms with van der Waals surface area (Å²) in [5.74, 6) is -0.170. The summed E-state index contributed by atoms with van der Waals surface area (Å²) in [7, 11) is 0. The molecule has 0 aromatic rings. The maximum absolute atomic E-state index is 10.3. The Labute approximate surface area is 63.8 Å². The van der Waals surface area contributed by atoms with E-state index in [0.717, 1.165) is 12.8 Å². The largest absolute Gasteiger partial charge is 0.299 e. The van der Waals surface area contributed by atoms with Gasteiger partial charge in [-0.2, -0.15) is 0 Å². The second-order valence-corrected chi connectivity index (χ2v) is 2.63. The number of hydrogen-bond acceptors (Lipinski definition) is 1. The van der Waals surface area contributed by atoms with Crippen LogP contribution in [0.3, 0.4) is 0 Å². The topological polar surface area (TPSA) is 17.1 Å². The fraction of sp³-hybridized carbons (Fsp3) is 0.778. The maximum Gasteiger partial charge on any atom is 0.137 e. The van der Waals surface area contributed by atoms with E-state index in [0.29, 0.717) is 6.42 Å². The Balaban J connectivity index is 2.84. The molecule has 0 saturated heterocycles. The summed E-state index contributed by atoms with van der Waals surface area (Å²) in [5, 5.41) is 0. The first kappa shape index (κ1) is 9.67. The molecule has 0 aromatic carbocycles. The van der Waals surface area contributed by atoms with Crippen LogP contribution < -0.4 is 0 Å². The molecular weight excluding hydrogens is 124 g/mol. The number of hydrogen-bond donors (Lipinski definition) is 0. The van der Waals surface area contributed by atoms with Crippen LogP contribution in [0, 0.1) is 6.92 Å². The maximum atomic E-state index is 10.3. The van der Waals surface area contributed by atoms with Crippen LogP contribution in [0.1, 0.15) is 45.4 Å². The summed E-state index contributed by atoms with van der Waals surface area (Å²) in [6.07, 6.45) is 6.44. The Hall–Kier alpha value is -0.330. The van der Waals surface area contributed by atoms with Crippen molar-refractivity contribution in [2.24, 2.45) is 0 Å². The Morgan fingerprint density at radius 2 is 1.80 bits per heavy atom. The molecule has 0 saturated carbocycles. The fourth-order valence-electron chi connectivity index (χ4n) is 0.903. The van der Waals surface area contributed by atoms with E-state index in [1.165, 1.54) is 19.3 Å². The van der Waals surface area contributed by atoms with Gasteiger partial charge in [0, 0.05) is 13.3 Å². The van der Waals surface area contributed by atoms with Crippen molar-refractivity contribution >= 4 is 5.78 Å². The molecule has 0 aromatic heterocycles. The summed E-state index contributed by atoms with van der Waals surface area (Å²) in [6.45, 7) is 7.14. The van der Waals surface area contributed by atoms with Gasteiger partial charge in [-0.05, 0) is 6.42 Å². The average Bonchev–Trinajstić information content (AvgIpc) is 1.87. The van der Waals surface area contributed by atoms with Gasteiger partial charge in [0.25, 0.3) is 0 Å². The average molecular weight is 140 g/mol. The van der Waals surface area contributed by atoms with Crippen molar-refractivity contribution in [3.8, 4) is 0 Å². The van der Waals surface area contributed by atoms with Crippen molar-refractivity contribution in [3.05, 3.63) is 6.92 Å². The zero-order valence-electron chi connectivity index (χ0n) is 6.73. The molecule has 2 radical (unpaired) electrons. The third kappa shape index (κ3) is 7.67. The van der Waals surface area contributed by atoms with Gasteiger partial charge in [-0.3, -0.25) is 4.79 Å². The van der Waals surface area contributed by atoms with Gasteiger partial charge in [-0.25, -0.2) is 0 Å². The molecule has 0 N–H and O–H groups in total. The summed E-state index contributed by atoms with van der Waals surface area (Å²) in [6, 6.07) is 0. The van der Waals surface area contributed by atoms with Crippen molar-refractivity contribution < 1.29 is 4.79 Å². The van der Waals surface area contributed by atoms with Crippen molar-refractivity contribution in [1.82, 2.24) is 0 Å². The van der Waals surface area contributed by atoms with Crippen LogP contribution in [-0.2, 0) is 4.79 Å². The molecule has 0 rings (SSSR count). The molecule has 1 heteroatoms. The minimum atomic E-state index is -0.170. The highest BCUT2D eigenvalue weighted by Gasteiger charge is 1.92. The van der Waals surface area contributed by atoms with E-state index in [1.54, 1.807) is 0 Å². The fourth-order valence-corrected chi connectivity index (χ4v) is 0.903. The van der Waals surface area contributed by atoms with Gasteiger partial charge in [0.1, 0.15) is 5.78 Å². The zero-order valence-corrected chi connectivity index (χ0v) is 6.73. The monoisotopic (exact) mass is 140 g/mol. The molecule has 1 nitrogen and oxygen atoms in total. The lowest BCUT2D eigenvalue weighted by atomic mass is 10.1. The van der Waals surface area contributed by atoms with E-state index in [-0.39, 0.29) is 5.78 Å². The molecule has 0 atom stereocenters. The molecule has 0 amide bonds. The van der Waals surface area contributed by atoms with Gasteiger partial charge in [-0.15, -0.1) is 0 Å². The Morgan fingerprint density at radius 1 is 1.20 bits per heavy atom. The number of unbranched alkanes of at least 4 members (excludes halogenated alkanes) is 4. The third-order valence-electron chi connectivity index (χ3n) is 1.53. The first-order chi connectivity index (χ1) is 4.77. The first-order valence-electron chi connectivity index (χ1n) is 4.05. The Kier molecular flexibility index (Phi) is 6.56. The lowest BCUT2D eigenvalue weighted by molar-refractivity contribution is -0.114. The highest BCUT2D eigenvalue weighted by atomic mass is 16.1. The lowest BCUT2D eigenvalue weighted by Crippen LogP contribution is -1.89. The van der Waals surface area contributed by atoms with E-state index in [1.807, 2.05) is 0 Å². The second kappa shape index (κ2) is 6.79. The van der Waals surface area contributed by atoms with E-state index in [4.69, 9.17) is 6.92 Å². The Bertz CT molecular complexity index is 86.7. The molecular formula is C9H16O. The quantitative estimate of drug-likeness (QED) is 0.518. The van der Waals surface area contributed by atoms with Crippen molar-refractivity contribution in [1.29, 1.82) is 0 Å². The van der Waals surface area contributed by atoms with Crippen LogP contribution in [0.5, 0.6) is 0 Å². The summed E-state index contributed by atoms with van der Waals surface area (Å²) < 4.78 is 0. The normalized spacial score (nSPS) is 9.80. The van der Waals surface area contributed by atoms with Crippen molar-refractivity contribution in [3.63, 3.8) is 0 Å². The second-order valence-electron chi connectivity index (χ2n) is 2.63.